The number of rotatable bonds is 2. The average Bonchev–Trinajstić information content (AvgIpc) is 2.78. The molecule has 3 N–H and O–H groups in total. The standard InChI is InChI=1S/C14H19N3O2/c1-9-5-6-17(7-11(9)18)8-13-16-14-10(15)3-2-4-12(14)19-13/h2-4,9,11,18H,5-8,15H2,1H3. The van der Waals surface area contributed by atoms with E-state index in [1.54, 1.807) is 0 Å². The van der Waals surface area contributed by atoms with Crippen LogP contribution in [-0.2, 0) is 6.54 Å². The topological polar surface area (TPSA) is 75.5 Å². The van der Waals surface area contributed by atoms with Crippen molar-refractivity contribution in [3.05, 3.63) is 24.1 Å². The quantitative estimate of drug-likeness (QED) is 0.803. The second kappa shape index (κ2) is 4.83. The summed E-state index contributed by atoms with van der Waals surface area (Å²) in [5, 5.41) is 9.90. The van der Waals surface area contributed by atoms with E-state index in [0.717, 1.165) is 24.1 Å². The van der Waals surface area contributed by atoms with Crippen LogP contribution in [0.1, 0.15) is 19.2 Å². The third kappa shape index (κ3) is 2.43. The number of hydrogen-bond acceptors (Lipinski definition) is 5. The Morgan fingerprint density at radius 3 is 3.11 bits per heavy atom. The zero-order valence-corrected chi connectivity index (χ0v) is 11.0. The van der Waals surface area contributed by atoms with Crippen LogP contribution in [0.5, 0.6) is 0 Å². The number of aromatic nitrogens is 1. The van der Waals surface area contributed by atoms with E-state index in [9.17, 15) is 5.11 Å². The van der Waals surface area contributed by atoms with E-state index < -0.39 is 0 Å². The molecule has 0 aliphatic carbocycles. The molecular formula is C14H19N3O2. The number of likely N-dealkylation sites (tertiary alicyclic amines) is 1. The van der Waals surface area contributed by atoms with Gasteiger partial charge in [0.25, 0.3) is 0 Å². The zero-order chi connectivity index (χ0) is 13.4. The van der Waals surface area contributed by atoms with Crippen LogP contribution in [-0.4, -0.2) is 34.2 Å². The van der Waals surface area contributed by atoms with Crippen LogP contribution in [0.2, 0.25) is 0 Å². The summed E-state index contributed by atoms with van der Waals surface area (Å²) in [5.41, 5.74) is 7.95. The minimum absolute atomic E-state index is 0.261. The Morgan fingerprint density at radius 1 is 1.53 bits per heavy atom. The van der Waals surface area contributed by atoms with Crippen LogP contribution in [0.15, 0.2) is 22.6 Å². The van der Waals surface area contributed by atoms with Gasteiger partial charge >= 0.3 is 0 Å². The van der Waals surface area contributed by atoms with Gasteiger partial charge in [-0.3, -0.25) is 4.90 Å². The highest BCUT2D eigenvalue weighted by atomic mass is 16.3. The maximum atomic E-state index is 9.90. The minimum atomic E-state index is -0.261. The Balaban J connectivity index is 1.77. The summed E-state index contributed by atoms with van der Waals surface area (Å²) < 4.78 is 5.70. The number of aliphatic hydroxyl groups is 1. The van der Waals surface area contributed by atoms with Gasteiger partial charge in [-0.25, -0.2) is 4.98 Å². The number of oxazole rings is 1. The van der Waals surface area contributed by atoms with E-state index in [1.807, 2.05) is 18.2 Å². The molecule has 1 aromatic carbocycles. The Kier molecular flexibility index (Phi) is 3.16. The number of para-hydroxylation sites is 1. The lowest BCUT2D eigenvalue weighted by atomic mass is 9.96. The third-order valence-electron chi connectivity index (χ3n) is 3.86. The molecule has 2 aromatic rings. The maximum Gasteiger partial charge on any atom is 0.209 e. The smallest absolute Gasteiger partial charge is 0.209 e. The van der Waals surface area contributed by atoms with Gasteiger partial charge in [-0.15, -0.1) is 0 Å². The summed E-state index contributed by atoms with van der Waals surface area (Å²) in [6.07, 6.45) is 0.743. The van der Waals surface area contributed by atoms with Crippen LogP contribution >= 0.6 is 0 Å². The molecule has 5 heteroatoms. The fraction of sp³-hybridized carbons (Fsp3) is 0.500. The Hall–Kier alpha value is -1.59. The lowest BCUT2D eigenvalue weighted by molar-refractivity contribution is 0.0229. The van der Waals surface area contributed by atoms with Gasteiger partial charge in [-0.05, 0) is 31.0 Å². The number of piperidine rings is 1. The number of anilines is 1. The third-order valence-corrected chi connectivity index (χ3v) is 3.86. The van der Waals surface area contributed by atoms with Crippen molar-refractivity contribution < 1.29 is 9.52 Å². The fourth-order valence-electron chi connectivity index (χ4n) is 2.53. The highest BCUT2D eigenvalue weighted by Gasteiger charge is 2.25. The van der Waals surface area contributed by atoms with E-state index in [2.05, 4.69) is 16.8 Å². The predicted molar refractivity (Wildman–Crippen MR) is 73.5 cm³/mol. The van der Waals surface area contributed by atoms with E-state index in [1.165, 1.54) is 0 Å². The molecule has 0 bridgehead atoms. The molecule has 1 aromatic heterocycles. The summed E-state index contributed by atoms with van der Waals surface area (Å²) >= 11 is 0. The summed E-state index contributed by atoms with van der Waals surface area (Å²) in [6, 6.07) is 5.55. The van der Waals surface area contributed by atoms with Gasteiger partial charge in [0.1, 0.15) is 5.52 Å². The van der Waals surface area contributed by atoms with Gasteiger partial charge in [-0.1, -0.05) is 13.0 Å². The van der Waals surface area contributed by atoms with Gasteiger partial charge in [0, 0.05) is 6.54 Å². The molecule has 3 rings (SSSR count). The highest BCUT2D eigenvalue weighted by molar-refractivity contribution is 5.85. The molecule has 0 spiro atoms. The lowest BCUT2D eigenvalue weighted by Crippen LogP contribution is -2.42. The number of aliphatic hydroxyl groups excluding tert-OH is 1. The summed E-state index contributed by atoms with van der Waals surface area (Å²) in [7, 11) is 0. The van der Waals surface area contributed by atoms with Crippen molar-refractivity contribution in [2.45, 2.75) is 26.0 Å². The molecule has 2 unspecified atom stereocenters. The predicted octanol–water partition coefficient (Wildman–Crippen LogP) is 1.61. The summed E-state index contributed by atoms with van der Waals surface area (Å²) in [4.78, 5) is 6.61. The summed E-state index contributed by atoms with van der Waals surface area (Å²) in [5.74, 6) is 1.03. The molecule has 1 aliphatic heterocycles. The van der Waals surface area contributed by atoms with Crippen molar-refractivity contribution in [1.82, 2.24) is 9.88 Å². The molecule has 102 valence electrons. The Morgan fingerprint density at radius 2 is 2.37 bits per heavy atom. The van der Waals surface area contributed by atoms with E-state index in [-0.39, 0.29) is 6.10 Å². The van der Waals surface area contributed by atoms with Crippen LogP contribution in [0.3, 0.4) is 0 Å². The van der Waals surface area contributed by atoms with E-state index >= 15 is 0 Å². The monoisotopic (exact) mass is 261 g/mol. The molecule has 2 heterocycles. The first kappa shape index (κ1) is 12.4. The number of nitrogen functional groups attached to an aromatic ring is 1. The average molecular weight is 261 g/mol. The first-order valence-corrected chi connectivity index (χ1v) is 6.68. The second-order valence-corrected chi connectivity index (χ2v) is 5.37. The van der Waals surface area contributed by atoms with Crippen molar-refractivity contribution in [3.8, 4) is 0 Å². The molecule has 1 aliphatic rings. The zero-order valence-electron chi connectivity index (χ0n) is 11.0. The molecule has 5 nitrogen and oxygen atoms in total. The largest absolute Gasteiger partial charge is 0.439 e. The van der Waals surface area contributed by atoms with Crippen molar-refractivity contribution in [2.24, 2.45) is 5.92 Å². The molecule has 0 saturated carbocycles. The van der Waals surface area contributed by atoms with Gasteiger partial charge in [0.15, 0.2) is 5.58 Å². The molecule has 1 fully saturated rings. The number of hydrogen-bond donors (Lipinski definition) is 2. The number of nitrogens with two attached hydrogens (primary N) is 1. The molecule has 0 amide bonds. The minimum Gasteiger partial charge on any atom is -0.439 e. The van der Waals surface area contributed by atoms with Gasteiger partial charge in [0.2, 0.25) is 5.89 Å². The SMILES string of the molecule is CC1CCN(Cc2nc3c(N)cccc3o2)CC1O. The molecular weight excluding hydrogens is 242 g/mol. The first-order chi connectivity index (χ1) is 9.13. The fourth-order valence-corrected chi connectivity index (χ4v) is 2.53. The summed E-state index contributed by atoms with van der Waals surface area (Å²) in [6.45, 7) is 4.35. The van der Waals surface area contributed by atoms with Crippen molar-refractivity contribution in [3.63, 3.8) is 0 Å². The lowest BCUT2D eigenvalue weighted by Gasteiger charge is -2.33. The van der Waals surface area contributed by atoms with Gasteiger partial charge in [0.05, 0.1) is 18.3 Å². The Bertz CT molecular complexity index is 581. The molecule has 2 atom stereocenters. The highest BCUT2D eigenvalue weighted by Crippen LogP contribution is 2.23. The van der Waals surface area contributed by atoms with Crippen LogP contribution in [0.25, 0.3) is 11.1 Å². The number of β-amino-alcohol motifs (C(OH)–C–C–N with tert-alkyl or cyclic N) is 1. The van der Waals surface area contributed by atoms with Crippen molar-refractivity contribution in [1.29, 1.82) is 0 Å². The first-order valence-electron chi connectivity index (χ1n) is 6.68. The van der Waals surface area contributed by atoms with Crippen LogP contribution in [0.4, 0.5) is 5.69 Å². The van der Waals surface area contributed by atoms with Crippen molar-refractivity contribution in [2.75, 3.05) is 18.8 Å². The Labute approximate surface area is 112 Å². The van der Waals surface area contributed by atoms with Gasteiger partial charge in [-0.2, -0.15) is 0 Å². The number of nitrogens with zero attached hydrogens (tertiary/aromatic N) is 2. The number of benzene rings is 1. The molecule has 19 heavy (non-hydrogen) atoms. The van der Waals surface area contributed by atoms with E-state index in [4.69, 9.17) is 10.2 Å². The van der Waals surface area contributed by atoms with Crippen LogP contribution < -0.4 is 5.73 Å². The van der Waals surface area contributed by atoms with Crippen LogP contribution in [0, 0.1) is 5.92 Å². The maximum absolute atomic E-state index is 9.90. The van der Waals surface area contributed by atoms with E-state index in [0.29, 0.717) is 30.6 Å². The number of fused-ring (bicyclic) bond motifs is 1. The van der Waals surface area contributed by atoms with Crippen molar-refractivity contribution >= 4 is 16.8 Å². The molecule has 1 saturated heterocycles. The normalized spacial score (nSPS) is 24.9. The molecule has 0 radical (unpaired) electrons. The van der Waals surface area contributed by atoms with Gasteiger partial charge < -0.3 is 15.3 Å². The second-order valence-electron chi connectivity index (χ2n) is 5.37.